The first-order valence-corrected chi connectivity index (χ1v) is 7.70. The highest BCUT2D eigenvalue weighted by Gasteiger charge is 2.24. The van der Waals surface area contributed by atoms with Crippen molar-refractivity contribution < 1.29 is 26.4 Å². The maximum atomic E-state index is 12.3. The van der Waals surface area contributed by atoms with Crippen LogP contribution < -0.4 is 22.0 Å². The number of hydrogen-bond acceptors (Lipinski definition) is 1. The number of rotatable bonds is 5. The molecule has 2 nitrogen and oxygen atoms in total. The molecule has 0 amide bonds. The molecule has 0 radical (unpaired) electrons. The van der Waals surface area contributed by atoms with Crippen molar-refractivity contribution in [1.29, 1.82) is 0 Å². The summed E-state index contributed by atoms with van der Waals surface area (Å²) in [7, 11) is 1.73. The lowest BCUT2D eigenvalue weighted by Gasteiger charge is -2.30. The molecule has 1 aliphatic rings. The Morgan fingerprint density at radius 3 is 2.52 bits per heavy atom. The molecule has 0 saturated carbocycles. The van der Waals surface area contributed by atoms with Gasteiger partial charge in [-0.1, -0.05) is 12.1 Å². The number of methoxy groups -OCH3 is 1. The van der Waals surface area contributed by atoms with Gasteiger partial charge in [0, 0.05) is 12.3 Å². The van der Waals surface area contributed by atoms with Crippen molar-refractivity contribution >= 4 is 0 Å². The lowest BCUT2D eigenvalue weighted by atomic mass is 9.88. The van der Waals surface area contributed by atoms with Gasteiger partial charge >= 0.3 is 0 Å². The third kappa shape index (κ3) is 4.58. The first-order valence-electron chi connectivity index (χ1n) is 7.70. The number of quaternary nitrogens is 1. The summed E-state index contributed by atoms with van der Waals surface area (Å²) in [4.78, 5) is 1.56. The van der Waals surface area contributed by atoms with E-state index in [9.17, 15) is 4.39 Å². The molecule has 0 aromatic heterocycles. The highest BCUT2D eigenvalue weighted by atomic mass is 35.5. The number of benzene rings is 1. The summed E-state index contributed by atoms with van der Waals surface area (Å²) in [5.74, 6) is 1.62. The molecule has 1 saturated heterocycles. The van der Waals surface area contributed by atoms with Crippen molar-refractivity contribution in [1.82, 2.24) is 0 Å². The molecular weight excluding hydrogens is 289 g/mol. The van der Waals surface area contributed by atoms with Gasteiger partial charge in [-0.05, 0) is 43.4 Å². The van der Waals surface area contributed by atoms with Gasteiger partial charge in [-0.2, -0.15) is 0 Å². The second-order valence-electron chi connectivity index (χ2n) is 6.02. The van der Waals surface area contributed by atoms with E-state index in [4.69, 9.17) is 4.74 Å². The minimum atomic E-state index is -0.186. The standard InChI is InChI=1S/C17H26FNO.ClH/c1-13-10-16(11-14(2)17(13)20-3)15-6-4-8-19(12-15)9-5-7-18;/h10-11,15H,4-9,12H2,1-3H3;1H. The third-order valence-electron chi connectivity index (χ3n) is 4.44. The van der Waals surface area contributed by atoms with Crippen molar-refractivity contribution in [3.63, 3.8) is 0 Å². The van der Waals surface area contributed by atoms with Crippen LogP contribution >= 0.6 is 0 Å². The van der Waals surface area contributed by atoms with Crippen LogP contribution in [-0.2, 0) is 0 Å². The molecule has 1 aromatic rings. The Hall–Kier alpha value is -0.800. The molecule has 0 bridgehead atoms. The first kappa shape index (κ1) is 18.2. The number of piperidine rings is 1. The quantitative estimate of drug-likeness (QED) is 0.769. The molecule has 21 heavy (non-hydrogen) atoms. The van der Waals surface area contributed by atoms with E-state index < -0.39 is 0 Å². The fraction of sp³-hybridized carbons (Fsp3) is 0.647. The van der Waals surface area contributed by atoms with Crippen molar-refractivity contribution in [2.45, 2.75) is 39.0 Å². The number of aryl methyl sites for hydroxylation is 2. The molecule has 2 rings (SSSR count). The fourth-order valence-corrected chi connectivity index (χ4v) is 3.52. The fourth-order valence-electron chi connectivity index (χ4n) is 3.52. The second-order valence-corrected chi connectivity index (χ2v) is 6.02. The summed E-state index contributed by atoms with van der Waals surface area (Å²) < 4.78 is 17.8. The molecule has 1 N–H and O–H groups in total. The van der Waals surface area contributed by atoms with E-state index in [1.54, 1.807) is 12.0 Å². The highest BCUT2D eigenvalue weighted by molar-refractivity contribution is 5.44. The Bertz CT molecular complexity index is 429. The minimum Gasteiger partial charge on any atom is -1.00 e. The van der Waals surface area contributed by atoms with Crippen molar-refractivity contribution in [2.75, 3.05) is 33.4 Å². The second kappa shape index (κ2) is 8.60. The first-order chi connectivity index (χ1) is 9.65. The summed E-state index contributed by atoms with van der Waals surface area (Å²) in [6.45, 7) is 7.36. The minimum absolute atomic E-state index is 0. The van der Waals surface area contributed by atoms with E-state index >= 15 is 0 Å². The van der Waals surface area contributed by atoms with E-state index in [1.165, 1.54) is 36.1 Å². The zero-order chi connectivity index (χ0) is 14.5. The van der Waals surface area contributed by atoms with Gasteiger partial charge in [0.2, 0.25) is 0 Å². The van der Waals surface area contributed by atoms with Gasteiger partial charge in [0.1, 0.15) is 5.75 Å². The molecule has 2 unspecified atom stereocenters. The lowest BCUT2D eigenvalue weighted by molar-refractivity contribution is -0.906. The molecule has 4 heteroatoms. The zero-order valence-electron chi connectivity index (χ0n) is 13.3. The van der Waals surface area contributed by atoms with E-state index in [0.717, 1.165) is 18.8 Å². The molecular formula is C17H27ClFNO. The molecule has 120 valence electrons. The number of nitrogens with one attached hydrogen (secondary N) is 1. The predicted octanol–water partition coefficient (Wildman–Crippen LogP) is -0.562. The van der Waals surface area contributed by atoms with E-state index in [2.05, 4.69) is 26.0 Å². The van der Waals surface area contributed by atoms with E-state index in [0.29, 0.717) is 12.3 Å². The van der Waals surface area contributed by atoms with Gasteiger partial charge in [0.15, 0.2) is 0 Å². The van der Waals surface area contributed by atoms with Crippen LogP contribution in [0.15, 0.2) is 12.1 Å². The van der Waals surface area contributed by atoms with Crippen LogP contribution in [-0.4, -0.2) is 33.4 Å². The molecule has 1 aromatic carbocycles. The summed E-state index contributed by atoms with van der Waals surface area (Å²) in [5, 5.41) is 0. The van der Waals surface area contributed by atoms with Crippen LogP contribution in [0.25, 0.3) is 0 Å². The smallest absolute Gasteiger partial charge is 0.124 e. The molecule has 2 atom stereocenters. The van der Waals surface area contributed by atoms with Gasteiger partial charge < -0.3 is 22.0 Å². The Balaban J connectivity index is 0.00000220. The lowest BCUT2D eigenvalue weighted by Crippen LogP contribution is -3.13. The van der Waals surface area contributed by atoms with Gasteiger partial charge in [-0.15, -0.1) is 0 Å². The average molecular weight is 316 g/mol. The summed E-state index contributed by atoms with van der Waals surface area (Å²) in [6.07, 6.45) is 3.20. The van der Waals surface area contributed by atoms with E-state index in [1.807, 2.05) is 0 Å². The topological polar surface area (TPSA) is 13.7 Å². The number of alkyl halides is 1. The SMILES string of the molecule is COc1c(C)cc(C2CCC[NH+](CCCF)C2)cc1C.[Cl-]. The Morgan fingerprint density at radius 1 is 1.29 bits per heavy atom. The number of likely N-dealkylation sites (tertiary alicyclic amines) is 1. The van der Waals surface area contributed by atoms with Crippen molar-refractivity contribution in [3.05, 3.63) is 28.8 Å². The van der Waals surface area contributed by atoms with Gasteiger partial charge in [0.25, 0.3) is 0 Å². The van der Waals surface area contributed by atoms with Crippen LogP contribution in [0.1, 0.15) is 41.9 Å². The van der Waals surface area contributed by atoms with Crippen molar-refractivity contribution in [2.24, 2.45) is 0 Å². The zero-order valence-corrected chi connectivity index (χ0v) is 14.1. The van der Waals surface area contributed by atoms with Crippen molar-refractivity contribution in [3.8, 4) is 5.75 Å². The van der Waals surface area contributed by atoms with Crippen LogP contribution in [0.3, 0.4) is 0 Å². The van der Waals surface area contributed by atoms with E-state index in [-0.39, 0.29) is 19.1 Å². The molecule has 1 aliphatic heterocycles. The van der Waals surface area contributed by atoms with Crippen LogP contribution in [0.5, 0.6) is 5.75 Å². The number of halogens is 2. The van der Waals surface area contributed by atoms with Crippen LogP contribution in [0.4, 0.5) is 4.39 Å². The molecule has 0 aliphatic carbocycles. The van der Waals surface area contributed by atoms with Crippen LogP contribution in [0.2, 0.25) is 0 Å². The Morgan fingerprint density at radius 2 is 1.95 bits per heavy atom. The highest BCUT2D eigenvalue weighted by Crippen LogP contribution is 2.30. The normalized spacial score (nSPS) is 21.7. The summed E-state index contributed by atoms with van der Waals surface area (Å²) in [6, 6.07) is 4.54. The van der Waals surface area contributed by atoms with Crippen LogP contribution in [0, 0.1) is 13.8 Å². The summed E-state index contributed by atoms with van der Waals surface area (Å²) in [5.41, 5.74) is 3.87. The molecule has 1 heterocycles. The predicted molar refractivity (Wildman–Crippen MR) is 80.6 cm³/mol. The monoisotopic (exact) mass is 315 g/mol. The molecule has 1 fully saturated rings. The molecule has 0 spiro atoms. The average Bonchev–Trinajstić information content (AvgIpc) is 2.45. The Labute approximate surface area is 134 Å². The number of hydrogen-bond donors (Lipinski definition) is 1. The Kier molecular flexibility index (Phi) is 7.47. The van der Waals surface area contributed by atoms with Gasteiger partial charge in [-0.3, -0.25) is 4.39 Å². The number of ether oxygens (including phenoxy) is 1. The summed E-state index contributed by atoms with van der Waals surface area (Å²) >= 11 is 0. The maximum absolute atomic E-state index is 12.3. The van der Waals surface area contributed by atoms with Gasteiger partial charge in [0.05, 0.1) is 33.4 Å². The van der Waals surface area contributed by atoms with Gasteiger partial charge in [-0.25, -0.2) is 0 Å². The maximum Gasteiger partial charge on any atom is 0.124 e. The largest absolute Gasteiger partial charge is 1.00 e. The third-order valence-corrected chi connectivity index (χ3v) is 4.44.